The molecule has 16 heavy (non-hydrogen) atoms. The maximum Gasteiger partial charge on any atom is 0.215 e. The van der Waals surface area contributed by atoms with E-state index >= 15 is 0 Å². The van der Waals surface area contributed by atoms with Crippen molar-refractivity contribution in [2.24, 2.45) is 0 Å². The molecule has 0 spiro atoms. The molecule has 0 aliphatic rings. The summed E-state index contributed by atoms with van der Waals surface area (Å²) in [6, 6.07) is 3.77. The lowest BCUT2D eigenvalue weighted by Gasteiger charge is -2.06. The summed E-state index contributed by atoms with van der Waals surface area (Å²) in [6.07, 6.45) is 0.895. The number of likely N-dealkylation sites (N-methyl/N-ethyl adjacent to an activating group) is 1. The number of pyridine rings is 1. The van der Waals surface area contributed by atoms with Crippen LogP contribution in [0.2, 0.25) is 0 Å². The smallest absolute Gasteiger partial charge is 0.215 e. The zero-order chi connectivity index (χ0) is 11.5. The Morgan fingerprint density at radius 1 is 1.31 bits per heavy atom. The van der Waals surface area contributed by atoms with Gasteiger partial charge in [-0.3, -0.25) is 0 Å². The van der Waals surface area contributed by atoms with E-state index in [0.29, 0.717) is 11.5 Å². The first-order valence-electron chi connectivity index (χ1n) is 5.23. The van der Waals surface area contributed by atoms with Gasteiger partial charge in [0.05, 0.1) is 12.6 Å². The molecule has 0 saturated carbocycles. The number of aromatic amines is 1. The SMILES string of the molecule is COc1ccc2[nH]c(CCN(C)C)nc2n1. The Bertz CT molecular complexity index is 478. The highest BCUT2D eigenvalue weighted by molar-refractivity contribution is 5.71. The summed E-state index contributed by atoms with van der Waals surface area (Å²) >= 11 is 0. The highest BCUT2D eigenvalue weighted by Gasteiger charge is 2.05. The van der Waals surface area contributed by atoms with E-state index in [-0.39, 0.29) is 0 Å². The molecule has 0 fully saturated rings. The number of nitrogens with zero attached hydrogens (tertiary/aromatic N) is 3. The van der Waals surface area contributed by atoms with Gasteiger partial charge in [0.15, 0.2) is 5.65 Å². The van der Waals surface area contributed by atoms with Gasteiger partial charge in [-0.05, 0) is 20.2 Å². The van der Waals surface area contributed by atoms with Crippen molar-refractivity contribution >= 4 is 11.2 Å². The molecule has 0 amide bonds. The molecule has 2 rings (SSSR count). The highest BCUT2D eigenvalue weighted by Crippen LogP contribution is 2.14. The van der Waals surface area contributed by atoms with Gasteiger partial charge in [0.25, 0.3) is 0 Å². The number of rotatable bonds is 4. The fourth-order valence-electron chi connectivity index (χ4n) is 1.49. The Labute approximate surface area is 94.5 Å². The van der Waals surface area contributed by atoms with Crippen molar-refractivity contribution in [3.8, 4) is 5.88 Å². The minimum absolute atomic E-state index is 0.596. The van der Waals surface area contributed by atoms with Crippen molar-refractivity contribution in [2.45, 2.75) is 6.42 Å². The van der Waals surface area contributed by atoms with Gasteiger partial charge in [-0.2, -0.15) is 4.98 Å². The van der Waals surface area contributed by atoms with E-state index in [4.69, 9.17) is 4.74 Å². The van der Waals surface area contributed by atoms with Crippen LogP contribution in [0.15, 0.2) is 12.1 Å². The predicted octanol–water partition coefficient (Wildman–Crippen LogP) is 1.07. The molecule has 0 saturated heterocycles. The van der Waals surface area contributed by atoms with Crippen LogP contribution in [0.4, 0.5) is 0 Å². The Hall–Kier alpha value is -1.62. The van der Waals surface area contributed by atoms with Crippen LogP contribution < -0.4 is 4.74 Å². The number of fused-ring (bicyclic) bond motifs is 1. The van der Waals surface area contributed by atoms with Crippen LogP contribution in [-0.2, 0) is 6.42 Å². The van der Waals surface area contributed by atoms with Crippen LogP contribution >= 0.6 is 0 Å². The summed E-state index contributed by atoms with van der Waals surface area (Å²) in [6.45, 7) is 0.969. The second-order valence-corrected chi connectivity index (χ2v) is 3.96. The Morgan fingerprint density at radius 3 is 2.81 bits per heavy atom. The first-order chi connectivity index (χ1) is 7.69. The normalized spacial score (nSPS) is 11.2. The van der Waals surface area contributed by atoms with Gasteiger partial charge in [-0.1, -0.05) is 0 Å². The minimum Gasteiger partial charge on any atom is -0.481 e. The molecule has 0 aliphatic carbocycles. The average molecular weight is 220 g/mol. The molecule has 2 aromatic rings. The van der Waals surface area contributed by atoms with Gasteiger partial charge in [0.1, 0.15) is 5.82 Å². The molecule has 0 atom stereocenters. The van der Waals surface area contributed by atoms with E-state index < -0.39 is 0 Å². The zero-order valence-electron chi connectivity index (χ0n) is 9.82. The van der Waals surface area contributed by atoms with Crippen LogP contribution in [0.3, 0.4) is 0 Å². The standard InChI is InChI=1S/C11H16N4O/c1-15(2)7-6-9-12-8-4-5-10(16-3)14-11(8)13-9/h4-5H,6-7H2,1-3H3,(H,12,13,14). The maximum atomic E-state index is 5.06. The topological polar surface area (TPSA) is 54.0 Å². The van der Waals surface area contributed by atoms with E-state index in [1.165, 1.54) is 0 Å². The van der Waals surface area contributed by atoms with Crippen LogP contribution in [0.1, 0.15) is 5.82 Å². The molecule has 5 heteroatoms. The average Bonchev–Trinajstić information content (AvgIpc) is 2.67. The molecule has 0 aromatic carbocycles. The number of ether oxygens (including phenoxy) is 1. The van der Waals surface area contributed by atoms with Crippen molar-refractivity contribution in [3.63, 3.8) is 0 Å². The molecule has 0 aliphatic heterocycles. The van der Waals surface area contributed by atoms with Crippen LogP contribution in [0.5, 0.6) is 5.88 Å². The van der Waals surface area contributed by atoms with E-state index in [9.17, 15) is 0 Å². The summed E-state index contributed by atoms with van der Waals surface area (Å²) in [7, 11) is 5.70. The quantitative estimate of drug-likeness (QED) is 0.837. The first kappa shape index (κ1) is 10.9. The summed E-state index contributed by atoms with van der Waals surface area (Å²) in [5, 5.41) is 0. The fourth-order valence-corrected chi connectivity index (χ4v) is 1.49. The molecular formula is C11H16N4O. The second kappa shape index (κ2) is 4.49. The van der Waals surface area contributed by atoms with Crippen molar-refractivity contribution < 1.29 is 4.74 Å². The lowest BCUT2D eigenvalue weighted by Crippen LogP contribution is -2.15. The Morgan fingerprint density at radius 2 is 2.12 bits per heavy atom. The van der Waals surface area contributed by atoms with E-state index in [0.717, 1.165) is 24.3 Å². The minimum atomic E-state index is 0.596. The highest BCUT2D eigenvalue weighted by atomic mass is 16.5. The van der Waals surface area contributed by atoms with Crippen LogP contribution in [0.25, 0.3) is 11.2 Å². The lowest BCUT2D eigenvalue weighted by molar-refractivity contribution is 0.399. The van der Waals surface area contributed by atoms with Gasteiger partial charge >= 0.3 is 0 Å². The summed E-state index contributed by atoms with van der Waals surface area (Å²) in [4.78, 5) is 14.1. The largest absolute Gasteiger partial charge is 0.481 e. The van der Waals surface area contributed by atoms with E-state index in [1.807, 2.05) is 26.2 Å². The summed E-state index contributed by atoms with van der Waals surface area (Å²) in [5.74, 6) is 1.56. The number of nitrogens with one attached hydrogen (secondary N) is 1. The first-order valence-corrected chi connectivity index (χ1v) is 5.23. The number of aromatic nitrogens is 3. The predicted molar refractivity (Wildman–Crippen MR) is 62.7 cm³/mol. The molecule has 2 heterocycles. The van der Waals surface area contributed by atoms with Gasteiger partial charge in [-0.15, -0.1) is 0 Å². The van der Waals surface area contributed by atoms with Crippen LogP contribution in [0, 0.1) is 0 Å². The third-order valence-corrected chi connectivity index (χ3v) is 2.37. The fraction of sp³-hybridized carbons (Fsp3) is 0.455. The van der Waals surface area contributed by atoms with Crippen LogP contribution in [-0.4, -0.2) is 47.6 Å². The molecule has 1 N–H and O–H groups in total. The number of methoxy groups -OCH3 is 1. The number of H-pyrrole nitrogens is 1. The molecule has 0 radical (unpaired) electrons. The third-order valence-electron chi connectivity index (χ3n) is 2.37. The maximum absolute atomic E-state index is 5.06. The second-order valence-electron chi connectivity index (χ2n) is 3.96. The van der Waals surface area contributed by atoms with E-state index in [2.05, 4.69) is 19.9 Å². The van der Waals surface area contributed by atoms with Gasteiger partial charge < -0.3 is 14.6 Å². The molecule has 2 aromatic heterocycles. The lowest BCUT2D eigenvalue weighted by atomic mass is 10.4. The van der Waals surface area contributed by atoms with Crippen molar-refractivity contribution in [1.29, 1.82) is 0 Å². The third kappa shape index (κ3) is 2.30. The Balaban J connectivity index is 2.22. The van der Waals surface area contributed by atoms with E-state index in [1.54, 1.807) is 7.11 Å². The van der Waals surface area contributed by atoms with Gasteiger partial charge in [0.2, 0.25) is 5.88 Å². The van der Waals surface area contributed by atoms with Gasteiger partial charge in [0, 0.05) is 19.0 Å². The summed E-state index contributed by atoms with van der Waals surface area (Å²) in [5.41, 5.74) is 1.67. The monoisotopic (exact) mass is 220 g/mol. The zero-order valence-corrected chi connectivity index (χ0v) is 9.82. The molecule has 0 unspecified atom stereocenters. The molecule has 0 bridgehead atoms. The van der Waals surface area contributed by atoms with Crippen molar-refractivity contribution in [3.05, 3.63) is 18.0 Å². The summed E-state index contributed by atoms with van der Waals surface area (Å²) < 4.78 is 5.06. The number of imidazole rings is 1. The number of hydrogen-bond acceptors (Lipinski definition) is 4. The van der Waals surface area contributed by atoms with Gasteiger partial charge in [-0.25, -0.2) is 4.98 Å². The van der Waals surface area contributed by atoms with Crippen molar-refractivity contribution in [1.82, 2.24) is 19.9 Å². The van der Waals surface area contributed by atoms with Crippen molar-refractivity contribution in [2.75, 3.05) is 27.7 Å². The molecule has 86 valence electrons. The molecular weight excluding hydrogens is 204 g/mol. The number of hydrogen-bond donors (Lipinski definition) is 1. The molecule has 5 nitrogen and oxygen atoms in total. The Kier molecular flexibility index (Phi) is 3.05.